The van der Waals surface area contributed by atoms with Crippen LogP contribution in [0, 0.1) is 25.7 Å². The van der Waals surface area contributed by atoms with Crippen molar-refractivity contribution >= 4 is 39.5 Å². The van der Waals surface area contributed by atoms with Gasteiger partial charge in [0.15, 0.2) is 11.5 Å². The molecule has 0 spiro atoms. The van der Waals surface area contributed by atoms with E-state index in [2.05, 4.69) is 6.07 Å². The van der Waals surface area contributed by atoms with Gasteiger partial charge in [0.05, 0.1) is 11.8 Å². The van der Waals surface area contributed by atoms with Crippen molar-refractivity contribution < 1.29 is 29.0 Å². The number of aryl methyl sites for hydroxylation is 2. The number of hydrogen-bond donors (Lipinski definition) is 1. The van der Waals surface area contributed by atoms with Crippen molar-refractivity contribution in [1.82, 2.24) is 4.98 Å². The molecule has 172 valence electrons. The zero-order valence-electron chi connectivity index (χ0n) is 18.7. The summed E-state index contributed by atoms with van der Waals surface area (Å²) in [6, 6.07) is 9.34. The van der Waals surface area contributed by atoms with Gasteiger partial charge in [-0.15, -0.1) is 11.3 Å². The van der Waals surface area contributed by atoms with Crippen LogP contribution in [0.25, 0.3) is 20.8 Å². The van der Waals surface area contributed by atoms with Gasteiger partial charge in [0, 0.05) is 12.5 Å². The van der Waals surface area contributed by atoms with E-state index in [1.165, 1.54) is 18.3 Å². The van der Waals surface area contributed by atoms with Crippen molar-refractivity contribution in [2.75, 3.05) is 0 Å². The van der Waals surface area contributed by atoms with Gasteiger partial charge in [-0.1, -0.05) is 17.2 Å². The molecule has 1 aliphatic rings. The molecule has 4 rings (SSSR count). The average molecular weight is 468 g/mol. The first-order chi connectivity index (χ1) is 15.7. The fourth-order valence-corrected chi connectivity index (χ4v) is 5.29. The summed E-state index contributed by atoms with van der Waals surface area (Å²) in [5.74, 6) is -1.71. The highest BCUT2D eigenvalue weighted by Gasteiger charge is 2.31. The van der Waals surface area contributed by atoms with E-state index in [0.29, 0.717) is 47.4 Å². The lowest BCUT2D eigenvalue weighted by molar-refractivity contribution is -0.146. The van der Waals surface area contributed by atoms with Crippen molar-refractivity contribution in [3.8, 4) is 22.1 Å². The van der Waals surface area contributed by atoms with Crippen LogP contribution in [0.4, 0.5) is 0 Å². The van der Waals surface area contributed by atoms with Gasteiger partial charge in [-0.05, 0) is 63.8 Å². The fraction of sp³-hybridized carbons (Fsp3) is 0.360. The number of rotatable bonds is 5. The largest absolute Gasteiger partial charge is 0.481 e. The number of ether oxygens (including phenoxy) is 2. The van der Waals surface area contributed by atoms with E-state index >= 15 is 0 Å². The molecule has 0 unspecified atom stereocenters. The Hall–Kier alpha value is -3.26. The maximum absolute atomic E-state index is 12.8. The molecular formula is C25H25NO6S. The van der Waals surface area contributed by atoms with Gasteiger partial charge in [0.1, 0.15) is 15.2 Å². The number of carboxylic acid groups (broad SMARTS) is 1. The van der Waals surface area contributed by atoms with Crippen LogP contribution >= 0.6 is 11.3 Å². The molecule has 0 bridgehead atoms. The van der Waals surface area contributed by atoms with Crippen LogP contribution in [0.5, 0.6) is 11.5 Å². The maximum atomic E-state index is 12.8. The third-order valence-corrected chi connectivity index (χ3v) is 6.93. The number of nitrogens with zero attached hydrogens (tertiary/aromatic N) is 1. The minimum atomic E-state index is -0.812. The van der Waals surface area contributed by atoms with E-state index in [4.69, 9.17) is 14.5 Å². The SMILES string of the molecule is CC(=O)Oc1ccc(OC(=O)C2CCC(C(=O)O)CC2)c2sc(-c3cc(C)cc(C)c3)nc12. The Morgan fingerprint density at radius 1 is 0.939 bits per heavy atom. The molecule has 1 N–H and O–H groups in total. The molecule has 1 heterocycles. The van der Waals surface area contributed by atoms with Crippen LogP contribution in [0.3, 0.4) is 0 Å². The molecule has 3 aromatic rings. The smallest absolute Gasteiger partial charge is 0.314 e. The third-order valence-electron chi connectivity index (χ3n) is 5.81. The van der Waals surface area contributed by atoms with Gasteiger partial charge in [-0.2, -0.15) is 0 Å². The van der Waals surface area contributed by atoms with Crippen molar-refractivity contribution in [2.45, 2.75) is 46.5 Å². The highest BCUT2D eigenvalue weighted by atomic mass is 32.1. The normalized spacial score (nSPS) is 18.2. The summed E-state index contributed by atoms with van der Waals surface area (Å²) < 4.78 is 11.7. The van der Waals surface area contributed by atoms with Crippen molar-refractivity contribution in [1.29, 1.82) is 0 Å². The molecule has 1 aliphatic carbocycles. The Balaban J connectivity index is 1.67. The van der Waals surface area contributed by atoms with Crippen LogP contribution in [-0.4, -0.2) is 28.0 Å². The van der Waals surface area contributed by atoms with Crippen LogP contribution in [0.15, 0.2) is 30.3 Å². The van der Waals surface area contributed by atoms with Crippen LogP contribution in [-0.2, 0) is 14.4 Å². The molecule has 0 aliphatic heterocycles. The number of benzene rings is 2. The van der Waals surface area contributed by atoms with Gasteiger partial charge >= 0.3 is 17.9 Å². The number of carbonyl (C=O) groups excluding carboxylic acids is 2. The van der Waals surface area contributed by atoms with E-state index in [9.17, 15) is 19.5 Å². The summed E-state index contributed by atoms with van der Waals surface area (Å²) in [5.41, 5.74) is 3.61. The zero-order valence-corrected chi connectivity index (χ0v) is 19.5. The van der Waals surface area contributed by atoms with Gasteiger partial charge in [0.25, 0.3) is 0 Å². The van der Waals surface area contributed by atoms with Gasteiger partial charge < -0.3 is 14.6 Å². The summed E-state index contributed by atoms with van der Waals surface area (Å²) in [5, 5.41) is 9.91. The molecule has 0 saturated heterocycles. The lowest BCUT2D eigenvalue weighted by Crippen LogP contribution is -2.28. The predicted molar refractivity (Wildman–Crippen MR) is 125 cm³/mol. The second kappa shape index (κ2) is 9.31. The monoisotopic (exact) mass is 467 g/mol. The number of carboxylic acids is 1. The average Bonchev–Trinajstić information content (AvgIpc) is 3.21. The molecule has 1 saturated carbocycles. The molecule has 8 heteroatoms. The van der Waals surface area contributed by atoms with E-state index in [-0.39, 0.29) is 11.9 Å². The van der Waals surface area contributed by atoms with Gasteiger partial charge in [0.2, 0.25) is 0 Å². The lowest BCUT2D eigenvalue weighted by Gasteiger charge is -2.24. The molecule has 33 heavy (non-hydrogen) atoms. The minimum Gasteiger partial charge on any atom is -0.481 e. The van der Waals surface area contributed by atoms with E-state index in [0.717, 1.165) is 21.7 Å². The number of carbonyl (C=O) groups is 3. The van der Waals surface area contributed by atoms with E-state index in [1.807, 2.05) is 26.0 Å². The van der Waals surface area contributed by atoms with Crippen LogP contribution in [0.2, 0.25) is 0 Å². The van der Waals surface area contributed by atoms with Crippen LogP contribution in [0.1, 0.15) is 43.7 Å². The highest BCUT2D eigenvalue weighted by Crippen LogP contribution is 2.41. The maximum Gasteiger partial charge on any atom is 0.314 e. The molecule has 7 nitrogen and oxygen atoms in total. The van der Waals surface area contributed by atoms with Crippen molar-refractivity contribution in [3.05, 3.63) is 41.5 Å². The van der Waals surface area contributed by atoms with E-state index < -0.39 is 17.9 Å². The highest BCUT2D eigenvalue weighted by molar-refractivity contribution is 7.22. The Bertz CT molecular complexity index is 1220. The number of fused-ring (bicyclic) bond motifs is 1. The predicted octanol–water partition coefficient (Wildman–Crippen LogP) is 5.30. The van der Waals surface area contributed by atoms with E-state index in [1.54, 1.807) is 12.1 Å². The number of thiazole rings is 1. The van der Waals surface area contributed by atoms with Crippen molar-refractivity contribution in [3.63, 3.8) is 0 Å². The summed E-state index contributed by atoms with van der Waals surface area (Å²) in [4.78, 5) is 40.3. The summed E-state index contributed by atoms with van der Waals surface area (Å²) in [6.45, 7) is 5.35. The van der Waals surface area contributed by atoms with Gasteiger partial charge in [-0.3, -0.25) is 14.4 Å². The Morgan fingerprint density at radius 3 is 2.15 bits per heavy atom. The first kappa shape index (κ1) is 22.9. The minimum absolute atomic E-state index is 0.311. The molecule has 0 atom stereocenters. The first-order valence-corrected chi connectivity index (χ1v) is 11.7. The molecule has 1 aromatic heterocycles. The topological polar surface area (TPSA) is 103 Å². The molecule has 1 fully saturated rings. The lowest BCUT2D eigenvalue weighted by atomic mass is 9.82. The van der Waals surface area contributed by atoms with Crippen molar-refractivity contribution in [2.24, 2.45) is 11.8 Å². The zero-order chi connectivity index (χ0) is 23.7. The Labute approximate surface area is 195 Å². The standard InChI is InChI=1S/C25H25NO6S/c1-13-10-14(2)12-18(11-13)23-26-21-19(31-15(3)27)8-9-20(22(21)33-23)32-25(30)17-6-4-16(5-7-17)24(28)29/h8-12,16-17H,4-7H2,1-3H3,(H,28,29). The second-order valence-corrected chi connectivity index (χ2v) is 9.54. The molecular weight excluding hydrogens is 442 g/mol. The molecule has 0 radical (unpaired) electrons. The number of aliphatic carboxylic acids is 1. The number of aromatic nitrogens is 1. The Morgan fingerprint density at radius 2 is 1.55 bits per heavy atom. The molecule has 2 aromatic carbocycles. The summed E-state index contributed by atoms with van der Waals surface area (Å²) >= 11 is 1.37. The fourth-order valence-electron chi connectivity index (χ4n) is 4.27. The number of esters is 2. The summed E-state index contributed by atoms with van der Waals surface area (Å²) in [6.07, 6.45) is 1.91. The number of hydrogen-bond acceptors (Lipinski definition) is 7. The second-order valence-electron chi connectivity index (χ2n) is 8.54. The molecule has 0 amide bonds. The quantitative estimate of drug-likeness (QED) is 0.401. The summed E-state index contributed by atoms with van der Waals surface area (Å²) in [7, 11) is 0. The van der Waals surface area contributed by atoms with Gasteiger partial charge in [-0.25, -0.2) is 4.98 Å². The third kappa shape index (κ3) is 5.06. The first-order valence-electron chi connectivity index (χ1n) is 10.9. The Kier molecular flexibility index (Phi) is 6.47. The van der Waals surface area contributed by atoms with Crippen LogP contribution < -0.4 is 9.47 Å².